The normalized spacial score (nSPS) is 10.8. The third kappa shape index (κ3) is 4.90. The molecule has 2 aromatic heterocycles. The van der Waals surface area contributed by atoms with Crippen molar-refractivity contribution in [3.63, 3.8) is 0 Å². The number of nitrogens with one attached hydrogen (secondary N) is 2. The van der Waals surface area contributed by atoms with Gasteiger partial charge in [0.05, 0.1) is 16.4 Å². The minimum Gasteiger partial charge on any atom is -0.441 e. The molecule has 152 valence electrons. The molecule has 0 fully saturated rings. The van der Waals surface area contributed by atoms with Crippen LogP contribution in [0, 0.1) is 0 Å². The number of anilines is 2. The van der Waals surface area contributed by atoms with Gasteiger partial charge in [0.15, 0.2) is 16.8 Å². The monoisotopic (exact) mass is 420 g/mol. The third-order valence-electron chi connectivity index (χ3n) is 4.36. The van der Waals surface area contributed by atoms with Gasteiger partial charge in [-0.05, 0) is 24.6 Å². The Morgan fingerprint density at radius 2 is 1.93 bits per heavy atom. The zero-order chi connectivity index (χ0) is 20.9. The number of carbonyl (C=O) groups excluding carboxylic acids is 2. The first-order chi connectivity index (χ1) is 14.6. The number of hydrogen-bond donors (Lipinski definition) is 2. The van der Waals surface area contributed by atoms with Crippen LogP contribution in [0.15, 0.2) is 59.1 Å². The van der Waals surface area contributed by atoms with Crippen molar-refractivity contribution < 1.29 is 14.0 Å². The van der Waals surface area contributed by atoms with Crippen molar-refractivity contribution in [2.24, 2.45) is 0 Å². The molecule has 4 aromatic rings. The number of hydrogen-bond acceptors (Lipinski definition) is 6. The molecular weight excluding hydrogens is 400 g/mol. The lowest BCUT2D eigenvalue weighted by Gasteiger charge is -2.04. The molecule has 0 aliphatic rings. The number of aryl methyl sites for hydroxylation is 1. The molecule has 0 aliphatic carbocycles. The van der Waals surface area contributed by atoms with Gasteiger partial charge in [-0.25, -0.2) is 9.97 Å². The first-order valence-corrected chi connectivity index (χ1v) is 10.4. The number of benzene rings is 2. The molecular formula is C22H20N4O3S. The zero-order valence-electron chi connectivity index (χ0n) is 16.3. The van der Waals surface area contributed by atoms with Crippen LogP contribution in [0.25, 0.3) is 21.5 Å². The average molecular weight is 420 g/mol. The average Bonchev–Trinajstić information content (AvgIpc) is 3.34. The highest BCUT2D eigenvalue weighted by Gasteiger charge is 2.10. The van der Waals surface area contributed by atoms with Crippen LogP contribution in [0.3, 0.4) is 0 Å². The summed E-state index contributed by atoms with van der Waals surface area (Å²) in [6.45, 7) is 1.44. The lowest BCUT2D eigenvalue weighted by atomic mass is 10.2. The van der Waals surface area contributed by atoms with Crippen LogP contribution in [0.2, 0.25) is 0 Å². The number of amides is 2. The van der Waals surface area contributed by atoms with Crippen LogP contribution in [-0.4, -0.2) is 21.8 Å². The second-order valence-corrected chi connectivity index (χ2v) is 7.80. The fourth-order valence-corrected chi connectivity index (χ4v) is 3.94. The van der Waals surface area contributed by atoms with Crippen molar-refractivity contribution in [2.75, 3.05) is 10.6 Å². The summed E-state index contributed by atoms with van der Waals surface area (Å²) in [7, 11) is 0. The van der Waals surface area contributed by atoms with Gasteiger partial charge >= 0.3 is 0 Å². The summed E-state index contributed by atoms with van der Waals surface area (Å²) < 4.78 is 6.66. The molecule has 0 saturated carbocycles. The van der Waals surface area contributed by atoms with E-state index >= 15 is 0 Å². The molecule has 8 heteroatoms. The maximum atomic E-state index is 12.3. The Kier molecular flexibility index (Phi) is 5.85. The van der Waals surface area contributed by atoms with E-state index in [0.29, 0.717) is 36.0 Å². The summed E-state index contributed by atoms with van der Waals surface area (Å²) in [5, 5.41) is 6.12. The minimum absolute atomic E-state index is 0.0733. The van der Waals surface area contributed by atoms with E-state index in [1.807, 2.05) is 42.5 Å². The fourth-order valence-electron chi connectivity index (χ4n) is 2.99. The predicted octanol–water partition coefficient (Wildman–Crippen LogP) is 4.87. The van der Waals surface area contributed by atoms with Gasteiger partial charge in [0.2, 0.25) is 11.8 Å². The molecule has 2 heterocycles. The van der Waals surface area contributed by atoms with Crippen molar-refractivity contribution in [3.05, 3.63) is 60.6 Å². The number of nitrogens with zero attached hydrogens (tertiary/aromatic N) is 2. The standard InChI is InChI=1S/C22H20N4O3S/c1-14(27)24-22-26-17-11-10-16(12-19(17)30-22)25-20(28)8-5-9-21-23-13-18(29-21)15-6-3-2-4-7-15/h2-4,6-7,10-13H,5,8-9H2,1H3,(H,25,28)(H,24,26,27). The Labute approximate surface area is 177 Å². The number of rotatable bonds is 7. The second-order valence-electron chi connectivity index (χ2n) is 6.77. The number of thiazole rings is 1. The molecule has 2 amide bonds. The molecule has 0 bridgehead atoms. The van der Waals surface area contributed by atoms with Crippen LogP contribution in [0.5, 0.6) is 0 Å². The molecule has 2 aromatic carbocycles. The number of carbonyl (C=O) groups is 2. The van der Waals surface area contributed by atoms with Crippen LogP contribution in [-0.2, 0) is 16.0 Å². The van der Waals surface area contributed by atoms with E-state index in [2.05, 4.69) is 20.6 Å². The van der Waals surface area contributed by atoms with E-state index in [1.54, 1.807) is 12.3 Å². The Balaban J connectivity index is 1.29. The maximum Gasteiger partial charge on any atom is 0.224 e. The summed E-state index contributed by atoms with van der Waals surface area (Å²) in [4.78, 5) is 32.1. The second kappa shape index (κ2) is 8.87. The molecule has 0 unspecified atom stereocenters. The van der Waals surface area contributed by atoms with Crippen LogP contribution in [0.1, 0.15) is 25.7 Å². The largest absolute Gasteiger partial charge is 0.441 e. The Morgan fingerprint density at radius 1 is 1.10 bits per heavy atom. The van der Waals surface area contributed by atoms with Gasteiger partial charge in [-0.3, -0.25) is 9.59 Å². The van der Waals surface area contributed by atoms with Crippen molar-refractivity contribution in [1.82, 2.24) is 9.97 Å². The zero-order valence-corrected chi connectivity index (χ0v) is 17.2. The third-order valence-corrected chi connectivity index (χ3v) is 5.30. The van der Waals surface area contributed by atoms with E-state index in [-0.39, 0.29) is 11.8 Å². The SMILES string of the molecule is CC(=O)Nc1nc2ccc(NC(=O)CCCc3ncc(-c4ccccc4)o3)cc2s1. The van der Waals surface area contributed by atoms with Gasteiger partial charge in [-0.2, -0.15) is 0 Å². The van der Waals surface area contributed by atoms with E-state index in [4.69, 9.17) is 4.42 Å². The lowest BCUT2D eigenvalue weighted by molar-refractivity contribution is -0.116. The van der Waals surface area contributed by atoms with E-state index in [0.717, 1.165) is 21.5 Å². The Hall–Kier alpha value is -3.52. The number of fused-ring (bicyclic) bond motifs is 1. The lowest BCUT2D eigenvalue weighted by Crippen LogP contribution is -2.11. The molecule has 0 spiro atoms. The molecule has 0 atom stereocenters. The highest BCUT2D eigenvalue weighted by atomic mass is 32.1. The number of aromatic nitrogens is 2. The molecule has 0 aliphatic heterocycles. The summed E-state index contributed by atoms with van der Waals surface area (Å²) >= 11 is 1.37. The summed E-state index contributed by atoms with van der Waals surface area (Å²) in [5.74, 6) is 1.12. The molecule has 4 rings (SSSR count). The topological polar surface area (TPSA) is 97.1 Å². The van der Waals surface area contributed by atoms with Crippen molar-refractivity contribution in [1.29, 1.82) is 0 Å². The van der Waals surface area contributed by atoms with E-state index in [9.17, 15) is 9.59 Å². The predicted molar refractivity (Wildman–Crippen MR) is 117 cm³/mol. The summed E-state index contributed by atoms with van der Waals surface area (Å²) in [6, 6.07) is 15.3. The molecule has 0 radical (unpaired) electrons. The quantitative estimate of drug-likeness (QED) is 0.444. The highest BCUT2D eigenvalue weighted by Crippen LogP contribution is 2.28. The van der Waals surface area contributed by atoms with Crippen LogP contribution < -0.4 is 10.6 Å². The van der Waals surface area contributed by atoms with E-state index in [1.165, 1.54) is 18.3 Å². The summed E-state index contributed by atoms with van der Waals surface area (Å²) in [6.07, 6.45) is 3.30. The number of oxazole rings is 1. The van der Waals surface area contributed by atoms with Gasteiger partial charge in [0.25, 0.3) is 0 Å². The van der Waals surface area contributed by atoms with Gasteiger partial charge in [0, 0.05) is 31.0 Å². The molecule has 2 N–H and O–H groups in total. The van der Waals surface area contributed by atoms with Gasteiger partial charge < -0.3 is 15.1 Å². The van der Waals surface area contributed by atoms with Gasteiger partial charge in [0.1, 0.15) is 0 Å². The van der Waals surface area contributed by atoms with Crippen molar-refractivity contribution in [2.45, 2.75) is 26.2 Å². The Bertz CT molecular complexity index is 1180. The van der Waals surface area contributed by atoms with Crippen molar-refractivity contribution in [3.8, 4) is 11.3 Å². The Morgan fingerprint density at radius 3 is 2.73 bits per heavy atom. The summed E-state index contributed by atoms with van der Waals surface area (Å²) in [5.41, 5.74) is 2.46. The molecule has 0 saturated heterocycles. The highest BCUT2D eigenvalue weighted by molar-refractivity contribution is 7.22. The van der Waals surface area contributed by atoms with E-state index < -0.39 is 0 Å². The smallest absolute Gasteiger partial charge is 0.224 e. The minimum atomic E-state index is -0.162. The van der Waals surface area contributed by atoms with Crippen LogP contribution >= 0.6 is 11.3 Å². The molecule has 7 nitrogen and oxygen atoms in total. The first-order valence-electron chi connectivity index (χ1n) is 9.55. The van der Waals surface area contributed by atoms with Gasteiger partial charge in [-0.1, -0.05) is 41.7 Å². The maximum absolute atomic E-state index is 12.3. The van der Waals surface area contributed by atoms with Crippen molar-refractivity contribution >= 4 is 44.2 Å². The van der Waals surface area contributed by atoms with Gasteiger partial charge in [-0.15, -0.1) is 0 Å². The van der Waals surface area contributed by atoms with Crippen LogP contribution in [0.4, 0.5) is 10.8 Å². The molecule has 30 heavy (non-hydrogen) atoms. The first kappa shape index (κ1) is 19.8. The fraction of sp³-hybridized carbons (Fsp3) is 0.182.